The van der Waals surface area contributed by atoms with Crippen LogP contribution in [0.3, 0.4) is 0 Å². The average Bonchev–Trinajstić information content (AvgIpc) is 2.60. The number of aromatic nitrogens is 4. The zero-order chi connectivity index (χ0) is 16.1. The van der Waals surface area contributed by atoms with Gasteiger partial charge in [0.25, 0.3) is 5.56 Å². The highest BCUT2D eigenvalue weighted by Crippen LogP contribution is 2.15. The number of hydrogen-bond acceptors (Lipinski definition) is 6. The summed E-state index contributed by atoms with van der Waals surface area (Å²) in [7, 11) is 0. The predicted molar refractivity (Wildman–Crippen MR) is 88.5 cm³/mol. The van der Waals surface area contributed by atoms with E-state index in [-0.39, 0.29) is 16.8 Å². The molecule has 7 heteroatoms. The lowest BCUT2D eigenvalue weighted by molar-refractivity contribution is -0.105. The molecule has 0 saturated carbocycles. The fraction of sp³-hybridized carbons (Fsp3) is 0.188. The number of carbonyl (C=O) groups is 1. The summed E-state index contributed by atoms with van der Waals surface area (Å²) < 4.78 is 1.57. The molecule has 0 atom stereocenters. The first-order valence-corrected chi connectivity index (χ1v) is 8.10. The normalized spacial score (nSPS) is 10.8. The minimum absolute atomic E-state index is 0.229. The van der Waals surface area contributed by atoms with Crippen molar-refractivity contribution < 1.29 is 4.79 Å². The number of aryl methyl sites for hydroxylation is 1. The van der Waals surface area contributed by atoms with Gasteiger partial charge < -0.3 is 4.79 Å². The molecule has 0 radical (unpaired) electrons. The Morgan fingerprint density at radius 2 is 1.91 bits per heavy atom. The van der Waals surface area contributed by atoms with Crippen LogP contribution in [-0.2, 0) is 17.8 Å². The van der Waals surface area contributed by atoms with Gasteiger partial charge in [-0.1, -0.05) is 42.1 Å². The van der Waals surface area contributed by atoms with Gasteiger partial charge >= 0.3 is 0 Å². The molecule has 6 nitrogen and oxygen atoms in total. The monoisotopic (exact) mass is 326 g/mol. The molecular formula is C16H14N4O2S. The first kappa shape index (κ1) is 15.4. The molecule has 0 aliphatic rings. The molecule has 0 aliphatic heterocycles. The van der Waals surface area contributed by atoms with Crippen LogP contribution in [0.25, 0.3) is 11.2 Å². The molecule has 3 aromatic rings. The molecule has 0 unspecified atom stereocenters. The third-order valence-electron chi connectivity index (χ3n) is 3.31. The maximum atomic E-state index is 12.7. The Hall–Kier alpha value is -2.54. The first-order valence-electron chi connectivity index (χ1n) is 7.11. The number of nitrogens with zero attached hydrogens (tertiary/aromatic N) is 4. The molecule has 2 aromatic heterocycles. The van der Waals surface area contributed by atoms with E-state index in [1.165, 1.54) is 24.2 Å². The van der Waals surface area contributed by atoms with Gasteiger partial charge in [0.15, 0.2) is 16.3 Å². The van der Waals surface area contributed by atoms with E-state index in [0.29, 0.717) is 23.8 Å². The van der Waals surface area contributed by atoms with Gasteiger partial charge in [-0.2, -0.15) is 0 Å². The molecule has 0 bridgehead atoms. The molecule has 0 fully saturated rings. The summed E-state index contributed by atoms with van der Waals surface area (Å²) in [5.41, 5.74) is 1.45. The number of benzene rings is 1. The lowest BCUT2D eigenvalue weighted by atomic mass is 10.1. The minimum atomic E-state index is -0.229. The van der Waals surface area contributed by atoms with Crippen LogP contribution in [0.15, 0.2) is 52.7 Å². The van der Waals surface area contributed by atoms with E-state index in [4.69, 9.17) is 0 Å². The van der Waals surface area contributed by atoms with E-state index >= 15 is 0 Å². The Kier molecular flexibility index (Phi) is 4.77. The van der Waals surface area contributed by atoms with Crippen molar-refractivity contribution in [2.75, 3.05) is 5.75 Å². The van der Waals surface area contributed by atoms with Crippen LogP contribution < -0.4 is 5.56 Å². The molecule has 0 saturated heterocycles. The largest absolute Gasteiger partial charge is 0.302 e. The van der Waals surface area contributed by atoms with Gasteiger partial charge in [0.05, 0.1) is 5.75 Å². The molecule has 0 spiro atoms. The Morgan fingerprint density at radius 3 is 2.70 bits per heavy atom. The third-order valence-corrected chi connectivity index (χ3v) is 4.18. The van der Waals surface area contributed by atoms with Crippen molar-refractivity contribution in [3.63, 3.8) is 0 Å². The number of hydrogen-bond donors (Lipinski definition) is 0. The standard InChI is InChI=1S/C16H14N4O2S/c21-10-11-23-16-19-14-13(17-7-8-18-14)15(22)20(16)9-6-12-4-2-1-3-5-12/h1-5,7-8,10H,6,9,11H2. The van der Waals surface area contributed by atoms with Crippen LogP contribution in [0.2, 0.25) is 0 Å². The Balaban J connectivity index is 2.00. The molecule has 23 heavy (non-hydrogen) atoms. The maximum Gasteiger partial charge on any atom is 0.282 e. The van der Waals surface area contributed by atoms with E-state index in [1.807, 2.05) is 30.3 Å². The number of aldehydes is 1. The van der Waals surface area contributed by atoms with Crippen molar-refractivity contribution in [1.29, 1.82) is 0 Å². The number of thioether (sulfide) groups is 1. The van der Waals surface area contributed by atoms with Gasteiger partial charge in [0, 0.05) is 18.9 Å². The number of carbonyl (C=O) groups excluding carboxylic acids is 1. The molecule has 3 rings (SSSR count). The SMILES string of the molecule is O=CCSc1nc2nccnc2c(=O)n1CCc1ccccc1. The zero-order valence-corrected chi connectivity index (χ0v) is 13.1. The van der Waals surface area contributed by atoms with Crippen molar-refractivity contribution in [1.82, 2.24) is 19.5 Å². The first-order chi connectivity index (χ1) is 11.3. The van der Waals surface area contributed by atoms with Crippen molar-refractivity contribution >= 4 is 29.2 Å². The highest BCUT2D eigenvalue weighted by Gasteiger charge is 2.13. The van der Waals surface area contributed by atoms with E-state index < -0.39 is 0 Å². The highest BCUT2D eigenvalue weighted by atomic mass is 32.2. The van der Waals surface area contributed by atoms with Crippen LogP contribution >= 0.6 is 11.8 Å². The van der Waals surface area contributed by atoms with Gasteiger partial charge in [-0.25, -0.2) is 15.0 Å². The Bertz CT molecular complexity index is 880. The van der Waals surface area contributed by atoms with Crippen molar-refractivity contribution in [3.8, 4) is 0 Å². The quantitative estimate of drug-likeness (QED) is 0.390. The van der Waals surface area contributed by atoms with Gasteiger partial charge in [0.1, 0.15) is 6.29 Å². The van der Waals surface area contributed by atoms with Crippen molar-refractivity contribution in [3.05, 3.63) is 58.6 Å². The third kappa shape index (κ3) is 3.45. The summed E-state index contributed by atoms with van der Waals surface area (Å²) in [5, 5.41) is 0.492. The second-order valence-corrected chi connectivity index (χ2v) is 5.78. The van der Waals surface area contributed by atoms with Gasteiger partial charge in [-0.05, 0) is 12.0 Å². The molecule has 116 valence electrons. The summed E-state index contributed by atoms with van der Waals surface area (Å²) in [6.45, 7) is 0.476. The second kappa shape index (κ2) is 7.15. The fourth-order valence-electron chi connectivity index (χ4n) is 2.23. The van der Waals surface area contributed by atoms with Crippen LogP contribution in [0.1, 0.15) is 5.56 Å². The van der Waals surface area contributed by atoms with E-state index in [1.54, 1.807) is 4.57 Å². The molecule has 0 N–H and O–H groups in total. The van der Waals surface area contributed by atoms with Crippen LogP contribution in [-0.4, -0.2) is 31.6 Å². The topological polar surface area (TPSA) is 77.7 Å². The summed E-state index contributed by atoms with van der Waals surface area (Å²) in [5.74, 6) is 0.240. The second-order valence-electron chi connectivity index (χ2n) is 4.79. The Labute approximate surface area is 136 Å². The summed E-state index contributed by atoms with van der Waals surface area (Å²) in [6, 6.07) is 9.90. The van der Waals surface area contributed by atoms with Crippen LogP contribution in [0, 0.1) is 0 Å². The fourth-order valence-corrected chi connectivity index (χ4v) is 2.93. The number of rotatable bonds is 6. The van der Waals surface area contributed by atoms with Crippen LogP contribution in [0.5, 0.6) is 0 Å². The average molecular weight is 326 g/mol. The van der Waals surface area contributed by atoms with E-state index in [0.717, 1.165) is 11.8 Å². The molecule has 0 aliphatic carbocycles. The molecule has 2 heterocycles. The minimum Gasteiger partial charge on any atom is -0.302 e. The molecule has 1 aromatic carbocycles. The molecule has 0 amide bonds. The van der Waals surface area contributed by atoms with Crippen LogP contribution in [0.4, 0.5) is 0 Å². The van der Waals surface area contributed by atoms with E-state index in [2.05, 4.69) is 15.0 Å². The number of fused-ring (bicyclic) bond motifs is 1. The lowest BCUT2D eigenvalue weighted by Crippen LogP contribution is -2.25. The predicted octanol–water partition coefficient (Wildman–Crippen LogP) is 1.72. The summed E-state index contributed by atoms with van der Waals surface area (Å²) in [4.78, 5) is 35.8. The van der Waals surface area contributed by atoms with Gasteiger partial charge in [0.2, 0.25) is 0 Å². The van der Waals surface area contributed by atoms with E-state index in [9.17, 15) is 9.59 Å². The van der Waals surface area contributed by atoms with Gasteiger partial charge in [-0.3, -0.25) is 9.36 Å². The smallest absolute Gasteiger partial charge is 0.282 e. The Morgan fingerprint density at radius 1 is 1.13 bits per heavy atom. The maximum absolute atomic E-state index is 12.7. The van der Waals surface area contributed by atoms with Crippen molar-refractivity contribution in [2.45, 2.75) is 18.1 Å². The zero-order valence-electron chi connectivity index (χ0n) is 12.3. The van der Waals surface area contributed by atoms with Gasteiger partial charge in [-0.15, -0.1) is 0 Å². The summed E-state index contributed by atoms with van der Waals surface area (Å²) in [6.07, 6.45) is 4.46. The lowest BCUT2D eigenvalue weighted by Gasteiger charge is -2.11. The highest BCUT2D eigenvalue weighted by molar-refractivity contribution is 7.99. The molecular weight excluding hydrogens is 312 g/mol. The van der Waals surface area contributed by atoms with Crippen molar-refractivity contribution in [2.24, 2.45) is 0 Å². The summed E-state index contributed by atoms with van der Waals surface area (Å²) >= 11 is 1.23.